The van der Waals surface area contributed by atoms with Crippen molar-refractivity contribution in [2.45, 2.75) is 33.2 Å². The van der Waals surface area contributed by atoms with Crippen molar-refractivity contribution in [2.24, 2.45) is 11.8 Å². The van der Waals surface area contributed by atoms with Gasteiger partial charge in [-0.2, -0.15) is 13.2 Å². The number of alkyl halides is 3. The van der Waals surface area contributed by atoms with Gasteiger partial charge in [0.25, 0.3) is 0 Å². The quantitative estimate of drug-likeness (QED) is 0.490. The first-order valence-corrected chi connectivity index (χ1v) is 6.31. The zero-order valence-corrected chi connectivity index (χ0v) is 11.6. The zero-order chi connectivity index (χ0) is 15.3. The molecular formula is C14H18F3NO2. The van der Waals surface area contributed by atoms with E-state index in [1.54, 1.807) is 26.0 Å². The van der Waals surface area contributed by atoms with Crippen LogP contribution in [0.25, 0.3) is 0 Å². The highest BCUT2D eigenvalue weighted by atomic mass is 19.4. The Labute approximate surface area is 116 Å². The lowest BCUT2D eigenvalue weighted by Crippen LogP contribution is -2.27. The Morgan fingerprint density at radius 3 is 2.35 bits per heavy atom. The molecule has 3 unspecified atom stereocenters. The molecule has 0 aromatic rings. The molecule has 1 N–H and O–H groups in total. The number of allylic oxidation sites excluding steroid dienone is 4. The van der Waals surface area contributed by atoms with E-state index in [-0.39, 0.29) is 5.92 Å². The minimum absolute atomic E-state index is 0.151. The second-order valence-corrected chi connectivity index (χ2v) is 4.63. The molecule has 1 saturated heterocycles. The summed E-state index contributed by atoms with van der Waals surface area (Å²) in [6.45, 7) is 4.61. The fraction of sp³-hybridized carbons (Fsp3) is 0.500. The maximum Gasteiger partial charge on any atom is 0.394 e. The number of halogens is 3. The molecule has 6 heteroatoms. The lowest BCUT2D eigenvalue weighted by atomic mass is 10.1. The lowest BCUT2D eigenvalue weighted by Gasteiger charge is -2.14. The van der Waals surface area contributed by atoms with E-state index in [0.717, 1.165) is 13.0 Å². The van der Waals surface area contributed by atoms with Crippen LogP contribution in [0.1, 0.15) is 20.8 Å². The second-order valence-electron chi connectivity index (χ2n) is 4.63. The number of nitrogens with one attached hydrogen (secondary N) is 1. The molecule has 0 aromatic carbocycles. The van der Waals surface area contributed by atoms with Gasteiger partial charge in [0.1, 0.15) is 5.70 Å². The van der Waals surface area contributed by atoms with E-state index in [1.807, 2.05) is 0 Å². The predicted molar refractivity (Wildman–Crippen MR) is 69.4 cm³/mol. The van der Waals surface area contributed by atoms with E-state index >= 15 is 0 Å². The van der Waals surface area contributed by atoms with Crippen molar-refractivity contribution in [3.8, 4) is 0 Å². The largest absolute Gasteiger partial charge is 0.436 e. The predicted octanol–water partition coefficient (Wildman–Crippen LogP) is 3.31. The van der Waals surface area contributed by atoms with Crippen LogP contribution in [0.4, 0.5) is 13.2 Å². The van der Waals surface area contributed by atoms with Crippen LogP contribution in [-0.2, 0) is 9.53 Å². The Balaban J connectivity index is 2.51. The van der Waals surface area contributed by atoms with Gasteiger partial charge in [-0.15, -0.1) is 0 Å². The molecule has 112 valence electrons. The Bertz CT molecular complexity index is 438. The Morgan fingerprint density at radius 2 is 1.85 bits per heavy atom. The molecule has 1 aliphatic heterocycles. The van der Waals surface area contributed by atoms with E-state index in [0.29, 0.717) is 5.70 Å². The van der Waals surface area contributed by atoms with Gasteiger partial charge in [-0.05, 0) is 6.92 Å². The Hall–Kier alpha value is -1.72. The fourth-order valence-corrected chi connectivity index (χ4v) is 1.54. The van der Waals surface area contributed by atoms with Crippen LogP contribution < -0.4 is 5.32 Å². The van der Waals surface area contributed by atoms with Crippen LogP contribution in [0, 0.1) is 11.8 Å². The van der Waals surface area contributed by atoms with Crippen molar-refractivity contribution >= 4 is 5.97 Å². The monoisotopic (exact) mass is 289 g/mol. The number of esters is 1. The third-order valence-corrected chi connectivity index (χ3v) is 2.96. The number of rotatable bonds is 4. The van der Waals surface area contributed by atoms with Gasteiger partial charge < -0.3 is 10.1 Å². The van der Waals surface area contributed by atoms with Crippen LogP contribution >= 0.6 is 0 Å². The summed E-state index contributed by atoms with van der Waals surface area (Å²) in [6.07, 6.45) is 2.54. The summed E-state index contributed by atoms with van der Waals surface area (Å²) in [5, 5.41) is 2.90. The smallest absolute Gasteiger partial charge is 0.394 e. The van der Waals surface area contributed by atoms with Crippen LogP contribution in [0.2, 0.25) is 0 Å². The highest BCUT2D eigenvalue weighted by molar-refractivity contribution is 5.89. The van der Waals surface area contributed by atoms with E-state index in [9.17, 15) is 18.0 Å². The summed E-state index contributed by atoms with van der Waals surface area (Å²) < 4.78 is 41.9. The number of hydrogen-bond donors (Lipinski definition) is 1. The summed E-state index contributed by atoms with van der Waals surface area (Å²) in [6, 6.07) is 0. The summed E-state index contributed by atoms with van der Waals surface area (Å²) in [4.78, 5) is 11.3. The van der Waals surface area contributed by atoms with Crippen LogP contribution in [0.15, 0.2) is 36.1 Å². The molecule has 0 amide bonds. The SMILES string of the molecule is C/C=C1/NC(C(C)C=CC=CC(C)C(F)(F)F)OC1=O. The van der Waals surface area contributed by atoms with Gasteiger partial charge in [0.15, 0.2) is 6.23 Å². The molecule has 0 saturated carbocycles. The number of hydrogen-bond acceptors (Lipinski definition) is 3. The van der Waals surface area contributed by atoms with Crippen molar-refractivity contribution in [1.82, 2.24) is 5.32 Å². The van der Waals surface area contributed by atoms with E-state index in [4.69, 9.17) is 4.74 Å². The number of cyclic esters (lactones) is 1. The molecule has 0 aliphatic carbocycles. The molecule has 3 atom stereocenters. The zero-order valence-electron chi connectivity index (χ0n) is 11.6. The highest BCUT2D eigenvalue weighted by Crippen LogP contribution is 2.26. The molecule has 20 heavy (non-hydrogen) atoms. The van der Waals surface area contributed by atoms with Crippen LogP contribution in [-0.4, -0.2) is 18.4 Å². The van der Waals surface area contributed by atoms with Crippen molar-refractivity contribution in [3.63, 3.8) is 0 Å². The average molecular weight is 289 g/mol. The minimum atomic E-state index is -4.22. The Morgan fingerprint density at radius 1 is 1.25 bits per heavy atom. The fourth-order valence-electron chi connectivity index (χ4n) is 1.54. The average Bonchev–Trinajstić information content (AvgIpc) is 2.74. The van der Waals surface area contributed by atoms with Gasteiger partial charge in [-0.3, -0.25) is 0 Å². The summed E-state index contributed by atoms with van der Waals surface area (Å²) >= 11 is 0. The normalized spacial score (nSPS) is 25.2. The molecule has 1 rings (SSSR count). The minimum Gasteiger partial charge on any atom is -0.436 e. The van der Waals surface area contributed by atoms with E-state index in [1.165, 1.54) is 12.2 Å². The van der Waals surface area contributed by atoms with Crippen molar-refractivity contribution in [1.29, 1.82) is 0 Å². The summed E-state index contributed by atoms with van der Waals surface area (Å²) in [7, 11) is 0. The maximum absolute atomic E-state index is 12.3. The molecule has 1 aliphatic rings. The van der Waals surface area contributed by atoms with Crippen molar-refractivity contribution in [3.05, 3.63) is 36.1 Å². The first kappa shape index (κ1) is 16.3. The van der Waals surface area contributed by atoms with E-state index in [2.05, 4.69) is 5.32 Å². The number of carbonyl (C=O) groups excluding carboxylic acids is 1. The summed E-state index contributed by atoms with van der Waals surface area (Å²) in [5.74, 6) is -2.05. The second kappa shape index (κ2) is 6.63. The molecule has 1 heterocycles. The topological polar surface area (TPSA) is 38.3 Å². The molecule has 0 bridgehead atoms. The molecule has 0 aromatic heterocycles. The number of carbonyl (C=O) groups is 1. The maximum atomic E-state index is 12.3. The van der Waals surface area contributed by atoms with Gasteiger partial charge in [-0.25, -0.2) is 4.79 Å². The van der Waals surface area contributed by atoms with Crippen molar-refractivity contribution in [2.75, 3.05) is 0 Å². The third-order valence-electron chi connectivity index (χ3n) is 2.96. The van der Waals surface area contributed by atoms with Gasteiger partial charge in [-0.1, -0.05) is 44.2 Å². The van der Waals surface area contributed by atoms with E-state index < -0.39 is 24.3 Å². The first-order chi connectivity index (χ1) is 9.25. The summed E-state index contributed by atoms with van der Waals surface area (Å²) in [5.41, 5.74) is 0.400. The van der Waals surface area contributed by atoms with Gasteiger partial charge in [0.2, 0.25) is 0 Å². The lowest BCUT2D eigenvalue weighted by molar-refractivity contribution is -0.156. The standard InChI is InChI=1S/C14H18F3NO2/c1-4-11-13(19)20-12(18-11)9(2)7-5-6-8-10(3)14(15,16)17/h4-10,12,18H,1-3H3/b7-5?,8-6?,11-4+. The molecule has 1 fully saturated rings. The van der Waals surface area contributed by atoms with Crippen LogP contribution in [0.3, 0.4) is 0 Å². The van der Waals surface area contributed by atoms with Gasteiger partial charge in [0.05, 0.1) is 5.92 Å². The third kappa shape index (κ3) is 4.43. The molecular weight excluding hydrogens is 271 g/mol. The van der Waals surface area contributed by atoms with Gasteiger partial charge in [0, 0.05) is 5.92 Å². The molecule has 0 spiro atoms. The Kier molecular flexibility index (Phi) is 5.42. The number of ether oxygens (including phenoxy) is 1. The highest BCUT2D eigenvalue weighted by Gasteiger charge is 2.33. The molecule has 0 radical (unpaired) electrons. The van der Waals surface area contributed by atoms with Crippen molar-refractivity contribution < 1.29 is 22.7 Å². The first-order valence-electron chi connectivity index (χ1n) is 6.31. The van der Waals surface area contributed by atoms with Crippen LogP contribution in [0.5, 0.6) is 0 Å². The van der Waals surface area contributed by atoms with Gasteiger partial charge >= 0.3 is 12.1 Å². The molecule has 3 nitrogen and oxygen atoms in total.